The lowest BCUT2D eigenvalue weighted by Crippen LogP contribution is -2.47. The van der Waals surface area contributed by atoms with Gasteiger partial charge in [0.05, 0.1) is 0 Å². The second-order valence-electron chi connectivity index (χ2n) is 2.80. The molecule has 0 aromatic rings. The second-order valence-corrected chi connectivity index (χ2v) is 2.80. The van der Waals surface area contributed by atoms with Gasteiger partial charge in [-0.05, 0) is 13.8 Å². The predicted molar refractivity (Wildman–Crippen MR) is 40.2 cm³/mol. The highest BCUT2D eigenvalue weighted by Gasteiger charge is 2.11. The minimum absolute atomic E-state index is 0.0410. The molecule has 0 aromatic heterocycles. The van der Waals surface area contributed by atoms with Crippen LogP contribution in [0, 0.1) is 0 Å². The Morgan fingerprint density at radius 3 is 2.22 bits per heavy atom. The SMILES string of the molecule is CC(C)(CN)NCCN. The van der Waals surface area contributed by atoms with Crippen LogP contribution in [0.1, 0.15) is 13.8 Å². The van der Waals surface area contributed by atoms with Crippen LogP contribution in [0.25, 0.3) is 0 Å². The molecular weight excluding hydrogens is 114 g/mol. The summed E-state index contributed by atoms with van der Waals surface area (Å²) in [5.41, 5.74) is 10.8. The third-order valence-corrected chi connectivity index (χ3v) is 1.26. The van der Waals surface area contributed by atoms with Crippen LogP contribution in [-0.4, -0.2) is 25.2 Å². The summed E-state index contributed by atoms with van der Waals surface area (Å²) in [6.45, 7) is 6.27. The molecule has 0 aromatic carbocycles. The van der Waals surface area contributed by atoms with Crippen molar-refractivity contribution in [3.63, 3.8) is 0 Å². The maximum atomic E-state index is 5.44. The summed E-state index contributed by atoms with van der Waals surface area (Å²) in [6, 6.07) is 0. The van der Waals surface area contributed by atoms with Crippen molar-refractivity contribution in [2.75, 3.05) is 19.6 Å². The van der Waals surface area contributed by atoms with E-state index in [1.54, 1.807) is 0 Å². The summed E-state index contributed by atoms with van der Waals surface area (Å²) in [7, 11) is 0. The zero-order valence-corrected chi connectivity index (χ0v) is 6.28. The molecule has 0 fully saturated rings. The molecule has 0 aliphatic heterocycles. The Hall–Kier alpha value is -0.120. The van der Waals surface area contributed by atoms with Crippen LogP contribution in [0.4, 0.5) is 0 Å². The van der Waals surface area contributed by atoms with Gasteiger partial charge in [0.15, 0.2) is 0 Å². The van der Waals surface area contributed by atoms with Gasteiger partial charge in [-0.25, -0.2) is 0 Å². The summed E-state index contributed by atoms with van der Waals surface area (Å²) in [5.74, 6) is 0. The maximum Gasteiger partial charge on any atom is 0.0247 e. The number of rotatable bonds is 4. The van der Waals surface area contributed by atoms with Gasteiger partial charge in [0, 0.05) is 25.2 Å². The normalized spacial score (nSPS) is 12.0. The van der Waals surface area contributed by atoms with Crippen molar-refractivity contribution in [3.05, 3.63) is 0 Å². The molecular formula is C6H17N3. The van der Waals surface area contributed by atoms with Crippen LogP contribution in [0.15, 0.2) is 0 Å². The van der Waals surface area contributed by atoms with E-state index in [9.17, 15) is 0 Å². The minimum Gasteiger partial charge on any atom is -0.329 e. The van der Waals surface area contributed by atoms with Crippen molar-refractivity contribution in [1.29, 1.82) is 0 Å². The van der Waals surface area contributed by atoms with Gasteiger partial charge in [0.1, 0.15) is 0 Å². The topological polar surface area (TPSA) is 64.1 Å². The molecule has 3 heteroatoms. The van der Waals surface area contributed by atoms with E-state index < -0.39 is 0 Å². The molecule has 3 nitrogen and oxygen atoms in total. The van der Waals surface area contributed by atoms with E-state index in [4.69, 9.17) is 11.5 Å². The van der Waals surface area contributed by atoms with Gasteiger partial charge >= 0.3 is 0 Å². The standard InChI is InChI=1S/C6H17N3/c1-6(2,5-8)9-4-3-7/h9H,3-5,7-8H2,1-2H3. The molecule has 0 aliphatic carbocycles. The first-order valence-corrected chi connectivity index (χ1v) is 3.27. The third kappa shape index (κ3) is 4.39. The average Bonchev–Trinajstić information content (AvgIpc) is 1.84. The van der Waals surface area contributed by atoms with Crippen LogP contribution in [0.3, 0.4) is 0 Å². The van der Waals surface area contributed by atoms with E-state index in [-0.39, 0.29) is 5.54 Å². The molecule has 0 rings (SSSR count). The Morgan fingerprint density at radius 2 is 1.89 bits per heavy atom. The van der Waals surface area contributed by atoms with Crippen LogP contribution in [-0.2, 0) is 0 Å². The lowest BCUT2D eigenvalue weighted by molar-refractivity contribution is 0.404. The molecule has 0 aliphatic rings. The predicted octanol–water partition coefficient (Wildman–Crippen LogP) is -0.728. The van der Waals surface area contributed by atoms with Gasteiger partial charge in [0.25, 0.3) is 0 Å². The Morgan fingerprint density at radius 1 is 1.33 bits per heavy atom. The highest BCUT2D eigenvalue weighted by Crippen LogP contribution is 1.95. The van der Waals surface area contributed by atoms with E-state index in [0.717, 1.165) is 6.54 Å². The average molecular weight is 131 g/mol. The monoisotopic (exact) mass is 131 g/mol. The quantitative estimate of drug-likeness (QED) is 0.471. The van der Waals surface area contributed by atoms with Crippen molar-refractivity contribution in [3.8, 4) is 0 Å². The van der Waals surface area contributed by atoms with Gasteiger partial charge in [-0.15, -0.1) is 0 Å². The molecule has 56 valence electrons. The fraction of sp³-hybridized carbons (Fsp3) is 1.00. The van der Waals surface area contributed by atoms with Gasteiger partial charge in [-0.1, -0.05) is 0 Å². The molecule has 0 saturated heterocycles. The molecule has 5 N–H and O–H groups in total. The molecule has 0 unspecified atom stereocenters. The van der Waals surface area contributed by atoms with Crippen molar-refractivity contribution in [2.45, 2.75) is 19.4 Å². The van der Waals surface area contributed by atoms with Crippen LogP contribution in [0.2, 0.25) is 0 Å². The minimum atomic E-state index is 0.0410. The Labute approximate surface area is 56.8 Å². The number of hydrogen-bond acceptors (Lipinski definition) is 3. The summed E-state index contributed by atoms with van der Waals surface area (Å²) in [6.07, 6.45) is 0. The summed E-state index contributed by atoms with van der Waals surface area (Å²) in [5, 5.41) is 3.21. The zero-order valence-electron chi connectivity index (χ0n) is 6.28. The van der Waals surface area contributed by atoms with Crippen molar-refractivity contribution >= 4 is 0 Å². The number of nitrogens with two attached hydrogens (primary N) is 2. The third-order valence-electron chi connectivity index (χ3n) is 1.26. The first kappa shape index (κ1) is 8.88. The van der Waals surface area contributed by atoms with Crippen molar-refractivity contribution < 1.29 is 0 Å². The Balaban J connectivity index is 3.33. The van der Waals surface area contributed by atoms with Gasteiger partial charge < -0.3 is 16.8 Å². The highest BCUT2D eigenvalue weighted by atomic mass is 15.0. The molecule has 0 saturated carbocycles. The second kappa shape index (κ2) is 3.82. The Bertz CT molecular complexity index is 70.7. The van der Waals surface area contributed by atoms with Gasteiger partial charge in [0.2, 0.25) is 0 Å². The van der Waals surface area contributed by atoms with Gasteiger partial charge in [-0.2, -0.15) is 0 Å². The fourth-order valence-corrected chi connectivity index (χ4v) is 0.483. The van der Waals surface area contributed by atoms with Crippen LogP contribution < -0.4 is 16.8 Å². The Kier molecular flexibility index (Phi) is 3.77. The van der Waals surface area contributed by atoms with Crippen LogP contribution in [0.5, 0.6) is 0 Å². The van der Waals surface area contributed by atoms with E-state index in [2.05, 4.69) is 19.2 Å². The van der Waals surface area contributed by atoms with E-state index in [1.807, 2.05) is 0 Å². The van der Waals surface area contributed by atoms with Gasteiger partial charge in [-0.3, -0.25) is 0 Å². The smallest absolute Gasteiger partial charge is 0.0247 e. The van der Waals surface area contributed by atoms with Crippen LogP contribution >= 0.6 is 0 Å². The van der Waals surface area contributed by atoms with E-state index >= 15 is 0 Å². The molecule has 0 radical (unpaired) electrons. The summed E-state index contributed by atoms with van der Waals surface area (Å²) < 4.78 is 0. The van der Waals surface area contributed by atoms with E-state index in [1.165, 1.54) is 0 Å². The molecule has 0 amide bonds. The molecule has 0 atom stereocenters. The van der Waals surface area contributed by atoms with Crippen molar-refractivity contribution in [2.24, 2.45) is 11.5 Å². The largest absolute Gasteiger partial charge is 0.329 e. The molecule has 0 heterocycles. The number of nitrogens with one attached hydrogen (secondary N) is 1. The van der Waals surface area contributed by atoms with E-state index in [0.29, 0.717) is 13.1 Å². The summed E-state index contributed by atoms with van der Waals surface area (Å²) >= 11 is 0. The highest BCUT2D eigenvalue weighted by molar-refractivity contribution is 4.77. The molecule has 9 heavy (non-hydrogen) atoms. The first-order chi connectivity index (χ1) is 4.12. The lowest BCUT2D eigenvalue weighted by atomic mass is 10.1. The zero-order chi connectivity index (χ0) is 7.33. The molecule has 0 spiro atoms. The fourth-order valence-electron chi connectivity index (χ4n) is 0.483. The number of hydrogen-bond donors (Lipinski definition) is 3. The van der Waals surface area contributed by atoms with Crippen molar-refractivity contribution in [1.82, 2.24) is 5.32 Å². The first-order valence-electron chi connectivity index (χ1n) is 3.27. The lowest BCUT2D eigenvalue weighted by Gasteiger charge is -2.23. The maximum absolute atomic E-state index is 5.44. The molecule has 0 bridgehead atoms. The summed E-state index contributed by atoms with van der Waals surface area (Å²) in [4.78, 5) is 0.